The molecule has 0 aliphatic carbocycles. The van der Waals surface area contributed by atoms with Gasteiger partial charge >= 0.3 is 5.69 Å². The molecule has 1 aromatic carbocycles. The molecule has 0 unspecified atom stereocenters. The van der Waals surface area contributed by atoms with E-state index in [0.717, 1.165) is 6.07 Å². The average Bonchev–Trinajstić information content (AvgIpc) is 2.30. The van der Waals surface area contributed by atoms with E-state index in [1.54, 1.807) is 7.05 Å². The zero-order valence-electron chi connectivity index (χ0n) is 9.53. The molecule has 0 bridgehead atoms. The molecule has 0 radical (unpaired) electrons. The van der Waals surface area contributed by atoms with Gasteiger partial charge in [-0.25, -0.2) is 4.39 Å². The minimum absolute atomic E-state index is 0.0316. The zero-order valence-corrected chi connectivity index (χ0v) is 9.53. The summed E-state index contributed by atoms with van der Waals surface area (Å²) in [4.78, 5) is 9.90. The molecule has 0 fully saturated rings. The van der Waals surface area contributed by atoms with E-state index in [0.29, 0.717) is 6.54 Å². The number of likely N-dealkylation sites (N-methyl/N-ethyl adjacent to an activating group) is 1. The van der Waals surface area contributed by atoms with Gasteiger partial charge in [0, 0.05) is 12.6 Å². The monoisotopic (exact) mass is 244 g/mol. The molecule has 1 rings (SSSR count). The van der Waals surface area contributed by atoms with Crippen LogP contribution in [0.5, 0.6) is 11.5 Å². The molecule has 0 spiro atoms. The first-order valence-electron chi connectivity index (χ1n) is 4.89. The van der Waals surface area contributed by atoms with Crippen LogP contribution in [0.3, 0.4) is 0 Å². The van der Waals surface area contributed by atoms with Crippen molar-refractivity contribution in [1.82, 2.24) is 5.32 Å². The number of nitro groups is 1. The van der Waals surface area contributed by atoms with Crippen LogP contribution in [0.1, 0.15) is 0 Å². The first-order valence-corrected chi connectivity index (χ1v) is 4.89. The molecule has 0 heterocycles. The lowest BCUT2D eigenvalue weighted by atomic mass is 10.2. The Kier molecular flexibility index (Phi) is 4.65. The minimum atomic E-state index is -0.784. The molecule has 0 aliphatic heterocycles. The fraction of sp³-hybridized carbons (Fsp3) is 0.400. The lowest BCUT2D eigenvalue weighted by molar-refractivity contribution is -0.386. The zero-order chi connectivity index (χ0) is 12.8. The SMILES string of the molecule is CNCCOc1cc(OC)c([N+](=O)[O-])cc1F. The molecule has 0 aromatic heterocycles. The van der Waals surface area contributed by atoms with Crippen LogP contribution in [-0.4, -0.2) is 32.2 Å². The summed E-state index contributed by atoms with van der Waals surface area (Å²) in [6.07, 6.45) is 0. The van der Waals surface area contributed by atoms with Crippen molar-refractivity contribution in [2.24, 2.45) is 0 Å². The highest BCUT2D eigenvalue weighted by molar-refractivity contribution is 5.51. The number of ether oxygens (including phenoxy) is 2. The second-order valence-electron chi connectivity index (χ2n) is 3.16. The Labute approximate surface area is 97.5 Å². The topological polar surface area (TPSA) is 73.6 Å². The van der Waals surface area contributed by atoms with E-state index in [2.05, 4.69) is 5.32 Å². The minimum Gasteiger partial charge on any atom is -0.490 e. The summed E-state index contributed by atoms with van der Waals surface area (Å²) in [6.45, 7) is 0.799. The fourth-order valence-corrected chi connectivity index (χ4v) is 1.20. The van der Waals surface area contributed by atoms with Gasteiger partial charge in [-0.3, -0.25) is 10.1 Å². The molecule has 0 saturated carbocycles. The maximum Gasteiger partial charge on any atom is 0.314 e. The van der Waals surface area contributed by atoms with Gasteiger partial charge in [0.2, 0.25) is 5.75 Å². The van der Waals surface area contributed by atoms with Gasteiger partial charge in [-0.1, -0.05) is 0 Å². The lowest BCUT2D eigenvalue weighted by Crippen LogP contribution is -2.16. The molecule has 1 aromatic rings. The van der Waals surface area contributed by atoms with Crippen LogP contribution in [0.4, 0.5) is 10.1 Å². The van der Waals surface area contributed by atoms with Gasteiger partial charge < -0.3 is 14.8 Å². The molecule has 6 nitrogen and oxygen atoms in total. The molecule has 0 amide bonds. The van der Waals surface area contributed by atoms with Gasteiger partial charge in [-0.2, -0.15) is 0 Å². The molecular weight excluding hydrogens is 231 g/mol. The molecule has 1 N–H and O–H groups in total. The van der Waals surface area contributed by atoms with Gasteiger partial charge in [0.05, 0.1) is 18.1 Å². The third-order valence-electron chi connectivity index (χ3n) is 2.04. The largest absolute Gasteiger partial charge is 0.490 e. The van der Waals surface area contributed by atoms with Crippen molar-refractivity contribution in [3.05, 3.63) is 28.1 Å². The van der Waals surface area contributed by atoms with Crippen molar-refractivity contribution >= 4 is 5.69 Å². The summed E-state index contributed by atoms with van der Waals surface area (Å²) in [5, 5.41) is 13.4. The fourth-order valence-electron chi connectivity index (χ4n) is 1.20. The second-order valence-corrected chi connectivity index (χ2v) is 3.16. The van der Waals surface area contributed by atoms with Crippen LogP contribution in [0.2, 0.25) is 0 Å². The maximum atomic E-state index is 13.4. The van der Waals surface area contributed by atoms with E-state index < -0.39 is 16.4 Å². The molecule has 0 saturated heterocycles. The highest BCUT2D eigenvalue weighted by Crippen LogP contribution is 2.33. The molecule has 0 atom stereocenters. The van der Waals surface area contributed by atoms with Crippen LogP contribution in [0, 0.1) is 15.9 Å². The Balaban J connectivity index is 2.96. The van der Waals surface area contributed by atoms with Gasteiger partial charge in [-0.05, 0) is 7.05 Å². The summed E-state index contributed by atoms with van der Waals surface area (Å²) in [6, 6.07) is 1.96. The van der Waals surface area contributed by atoms with Crippen molar-refractivity contribution in [2.75, 3.05) is 27.3 Å². The van der Waals surface area contributed by atoms with E-state index in [-0.39, 0.29) is 18.1 Å². The first-order chi connectivity index (χ1) is 8.10. The number of methoxy groups -OCH3 is 1. The van der Waals surface area contributed by atoms with Crippen LogP contribution in [0.15, 0.2) is 12.1 Å². The summed E-state index contributed by atoms with van der Waals surface area (Å²) in [5.41, 5.74) is -0.425. The summed E-state index contributed by atoms with van der Waals surface area (Å²) >= 11 is 0. The van der Waals surface area contributed by atoms with E-state index >= 15 is 0 Å². The Hall–Kier alpha value is -1.89. The highest BCUT2D eigenvalue weighted by atomic mass is 19.1. The van der Waals surface area contributed by atoms with Gasteiger partial charge in [0.1, 0.15) is 6.61 Å². The van der Waals surface area contributed by atoms with E-state index in [4.69, 9.17) is 9.47 Å². The number of benzene rings is 1. The lowest BCUT2D eigenvalue weighted by Gasteiger charge is -2.09. The average molecular weight is 244 g/mol. The summed E-state index contributed by atoms with van der Waals surface area (Å²) < 4.78 is 23.4. The van der Waals surface area contributed by atoms with Crippen molar-refractivity contribution in [1.29, 1.82) is 0 Å². The van der Waals surface area contributed by atoms with Crippen LogP contribution >= 0.6 is 0 Å². The van der Waals surface area contributed by atoms with Gasteiger partial charge in [0.15, 0.2) is 11.6 Å². The normalized spacial score (nSPS) is 10.1. The number of rotatable bonds is 6. The van der Waals surface area contributed by atoms with Crippen molar-refractivity contribution < 1.29 is 18.8 Å². The molecule has 94 valence electrons. The van der Waals surface area contributed by atoms with Crippen molar-refractivity contribution in [3.63, 3.8) is 0 Å². The molecule has 17 heavy (non-hydrogen) atoms. The Morgan fingerprint density at radius 1 is 1.47 bits per heavy atom. The predicted molar refractivity (Wildman–Crippen MR) is 59.0 cm³/mol. The number of nitrogens with zero attached hydrogens (tertiary/aromatic N) is 1. The number of nitro benzene ring substituents is 1. The Bertz CT molecular complexity index is 412. The highest BCUT2D eigenvalue weighted by Gasteiger charge is 2.19. The summed E-state index contributed by atoms with van der Waals surface area (Å²) in [7, 11) is 3.01. The quantitative estimate of drug-likeness (QED) is 0.464. The Morgan fingerprint density at radius 3 is 2.71 bits per heavy atom. The first kappa shape index (κ1) is 13.2. The van der Waals surface area contributed by atoms with Crippen molar-refractivity contribution in [2.45, 2.75) is 0 Å². The van der Waals surface area contributed by atoms with Crippen LogP contribution in [0.25, 0.3) is 0 Å². The van der Waals surface area contributed by atoms with E-state index in [1.807, 2.05) is 0 Å². The number of hydrogen-bond donors (Lipinski definition) is 1. The smallest absolute Gasteiger partial charge is 0.314 e. The maximum absolute atomic E-state index is 13.4. The van der Waals surface area contributed by atoms with Crippen LogP contribution in [-0.2, 0) is 0 Å². The number of halogens is 1. The third-order valence-corrected chi connectivity index (χ3v) is 2.04. The van der Waals surface area contributed by atoms with Crippen LogP contribution < -0.4 is 14.8 Å². The molecule has 0 aliphatic rings. The standard InChI is InChI=1S/C10H13FN2O4/c1-12-3-4-17-9-6-10(16-2)8(13(14)15)5-7(9)11/h5-6,12H,3-4H2,1-2H3. The van der Waals surface area contributed by atoms with E-state index in [9.17, 15) is 14.5 Å². The molecular formula is C10H13FN2O4. The van der Waals surface area contributed by atoms with E-state index in [1.165, 1.54) is 13.2 Å². The van der Waals surface area contributed by atoms with Crippen molar-refractivity contribution in [3.8, 4) is 11.5 Å². The summed E-state index contributed by atoms with van der Waals surface area (Å²) in [5.74, 6) is -0.882. The number of hydrogen-bond acceptors (Lipinski definition) is 5. The number of nitrogens with one attached hydrogen (secondary N) is 1. The third kappa shape index (κ3) is 3.28. The predicted octanol–water partition coefficient (Wildman–Crippen LogP) is 1.34. The van der Waals surface area contributed by atoms with Gasteiger partial charge in [0.25, 0.3) is 0 Å². The second kappa shape index (κ2) is 6.00. The Morgan fingerprint density at radius 2 is 2.18 bits per heavy atom. The molecule has 7 heteroatoms. The van der Waals surface area contributed by atoms with Gasteiger partial charge in [-0.15, -0.1) is 0 Å².